The molecule has 2 nitrogen and oxygen atoms in total. The van der Waals surface area contributed by atoms with Crippen LogP contribution in [0.1, 0.15) is 17.2 Å². The van der Waals surface area contributed by atoms with Crippen LogP contribution < -0.4 is 5.73 Å². The van der Waals surface area contributed by atoms with Gasteiger partial charge >= 0.3 is 0 Å². The van der Waals surface area contributed by atoms with Gasteiger partial charge in [0.05, 0.1) is 0 Å². The topological polar surface area (TPSA) is 38.9 Å². The van der Waals surface area contributed by atoms with Gasteiger partial charge in [-0.1, -0.05) is 17.7 Å². The molecular formula is C9H11ClN2. The summed E-state index contributed by atoms with van der Waals surface area (Å²) in [6.07, 6.45) is 3.34. The second-order valence-electron chi connectivity index (χ2n) is 2.64. The van der Waals surface area contributed by atoms with Gasteiger partial charge in [0.2, 0.25) is 0 Å². The second-order valence-corrected chi connectivity index (χ2v) is 3.00. The van der Waals surface area contributed by atoms with Crippen molar-refractivity contribution in [2.45, 2.75) is 13.0 Å². The summed E-state index contributed by atoms with van der Waals surface area (Å²) in [5, 5.41) is 0.523. The molecular weight excluding hydrogens is 172 g/mol. The molecule has 12 heavy (non-hydrogen) atoms. The van der Waals surface area contributed by atoms with Gasteiger partial charge in [0, 0.05) is 12.2 Å². The molecule has 0 saturated heterocycles. The van der Waals surface area contributed by atoms with Gasteiger partial charge in [0.1, 0.15) is 5.15 Å². The summed E-state index contributed by atoms with van der Waals surface area (Å²) in [4.78, 5) is 3.99. The maximum atomic E-state index is 5.75. The molecule has 1 rings (SSSR count). The summed E-state index contributed by atoms with van der Waals surface area (Å²) in [6, 6.07) is 1.76. The molecule has 1 unspecified atom stereocenters. The molecule has 0 aliphatic rings. The van der Waals surface area contributed by atoms with Crippen molar-refractivity contribution in [3.63, 3.8) is 0 Å². The standard InChI is InChI=1S/C9H11ClN2/c1-3-8(11)7-4-6(2)9(10)12-5-7/h3-5,8H,1,11H2,2H3. The predicted octanol–water partition coefficient (Wildman–Crippen LogP) is 2.23. The fourth-order valence-corrected chi connectivity index (χ4v) is 1.00. The molecule has 0 spiro atoms. The minimum absolute atomic E-state index is 0.159. The van der Waals surface area contributed by atoms with Gasteiger partial charge in [0.25, 0.3) is 0 Å². The van der Waals surface area contributed by atoms with Crippen LogP contribution in [0.25, 0.3) is 0 Å². The minimum atomic E-state index is -0.159. The van der Waals surface area contributed by atoms with Crippen LogP contribution in [0.2, 0.25) is 5.15 Å². The molecule has 0 saturated carbocycles. The lowest BCUT2D eigenvalue weighted by Gasteiger charge is -2.06. The number of hydrogen-bond donors (Lipinski definition) is 1. The van der Waals surface area contributed by atoms with E-state index in [2.05, 4.69) is 11.6 Å². The lowest BCUT2D eigenvalue weighted by atomic mass is 10.1. The lowest BCUT2D eigenvalue weighted by Crippen LogP contribution is -2.07. The summed E-state index contributed by atoms with van der Waals surface area (Å²) in [5.41, 5.74) is 7.59. The number of aryl methyl sites for hydroxylation is 1. The molecule has 0 aliphatic heterocycles. The Morgan fingerprint density at radius 1 is 1.75 bits per heavy atom. The van der Waals surface area contributed by atoms with E-state index < -0.39 is 0 Å². The van der Waals surface area contributed by atoms with Crippen LogP contribution in [0.5, 0.6) is 0 Å². The highest BCUT2D eigenvalue weighted by molar-refractivity contribution is 6.30. The first-order valence-corrected chi connectivity index (χ1v) is 4.03. The quantitative estimate of drug-likeness (QED) is 0.563. The average Bonchev–Trinajstić information content (AvgIpc) is 2.08. The molecule has 1 heterocycles. The van der Waals surface area contributed by atoms with E-state index in [0.717, 1.165) is 11.1 Å². The van der Waals surface area contributed by atoms with E-state index in [1.54, 1.807) is 12.3 Å². The summed E-state index contributed by atoms with van der Waals surface area (Å²) in [6.45, 7) is 5.50. The zero-order chi connectivity index (χ0) is 9.14. The Morgan fingerprint density at radius 2 is 2.42 bits per heavy atom. The average molecular weight is 183 g/mol. The second kappa shape index (κ2) is 3.70. The van der Waals surface area contributed by atoms with Gasteiger partial charge in [-0.25, -0.2) is 4.98 Å². The number of hydrogen-bond acceptors (Lipinski definition) is 2. The first-order chi connectivity index (χ1) is 5.65. The van der Waals surface area contributed by atoms with E-state index in [9.17, 15) is 0 Å². The van der Waals surface area contributed by atoms with E-state index in [1.165, 1.54) is 0 Å². The Balaban J connectivity index is 3.04. The molecule has 0 radical (unpaired) electrons. The van der Waals surface area contributed by atoms with Gasteiger partial charge in [-0.3, -0.25) is 0 Å². The van der Waals surface area contributed by atoms with Crippen molar-refractivity contribution in [1.82, 2.24) is 4.98 Å². The molecule has 2 N–H and O–H groups in total. The van der Waals surface area contributed by atoms with Crippen LogP contribution in [0.15, 0.2) is 24.9 Å². The van der Waals surface area contributed by atoms with Crippen molar-refractivity contribution < 1.29 is 0 Å². The smallest absolute Gasteiger partial charge is 0.131 e. The van der Waals surface area contributed by atoms with Crippen molar-refractivity contribution in [3.05, 3.63) is 41.2 Å². The van der Waals surface area contributed by atoms with Crippen molar-refractivity contribution in [2.24, 2.45) is 5.73 Å². The number of halogens is 1. The maximum absolute atomic E-state index is 5.75. The molecule has 0 aromatic carbocycles. The SMILES string of the molecule is C=CC(N)c1cnc(Cl)c(C)c1. The van der Waals surface area contributed by atoms with Crippen LogP contribution >= 0.6 is 11.6 Å². The Bertz CT molecular complexity index is 297. The molecule has 0 aliphatic carbocycles. The van der Waals surface area contributed by atoms with Crippen molar-refractivity contribution in [1.29, 1.82) is 0 Å². The minimum Gasteiger partial charge on any atom is -0.321 e. The Kier molecular flexibility index (Phi) is 2.84. The number of nitrogens with two attached hydrogens (primary N) is 1. The van der Waals surface area contributed by atoms with E-state index >= 15 is 0 Å². The summed E-state index contributed by atoms with van der Waals surface area (Å²) in [5.74, 6) is 0. The van der Waals surface area contributed by atoms with Gasteiger partial charge in [0.15, 0.2) is 0 Å². The van der Waals surface area contributed by atoms with Gasteiger partial charge in [-0.05, 0) is 24.1 Å². The van der Waals surface area contributed by atoms with Crippen molar-refractivity contribution in [2.75, 3.05) is 0 Å². The third kappa shape index (κ3) is 1.84. The maximum Gasteiger partial charge on any atom is 0.131 e. The van der Waals surface area contributed by atoms with Crippen LogP contribution in [0.4, 0.5) is 0 Å². The summed E-state index contributed by atoms with van der Waals surface area (Å²) >= 11 is 5.75. The highest BCUT2D eigenvalue weighted by atomic mass is 35.5. The normalized spacial score (nSPS) is 12.6. The monoisotopic (exact) mass is 182 g/mol. The summed E-state index contributed by atoms with van der Waals surface area (Å²) in [7, 11) is 0. The number of rotatable bonds is 2. The molecule has 1 atom stereocenters. The molecule has 3 heteroatoms. The van der Waals surface area contributed by atoms with E-state index in [1.807, 2.05) is 13.0 Å². The highest BCUT2D eigenvalue weighted by Crippen LogP contribution is 2.16. The zero-order valence-corrected chi connectivity index (χ0v) is 7.67. The van der Waals surface area contributed by atoms with E-state index in [0.29, 0.717) is 5.15 Å². The van der Waals surface area contributed by atoms with Crippen LogP contribution in [0.3, 0.4) is 0 Å². The molecule has 0 amide bonds. The largest absolute Gasteiger partial charge is 0.321 e. The molecule has 0 bridgehead atoms. The molecule has 64 valence electrons. The van der Waals surface area contributed by atoms with E-state index in [-0.39, 0.29) is 6.04 Å². The van der Waals surface area contributed by atoms with Gasteiger partial charge in [-0.15, -0.1) is 6.58 Å². The first-order valence-electron chi connectivity index (χ1n) is 3.65. The molecule has 1 aromatic heterocycles. The predicted molar refractivity (Wildman–Crippen MR) is 51.1 cm³/mol. The number of nitrogens with zero attached hydrogens (tertiary/aromatic N) is 1. The van der Waals surface area contributed by atoms with Crippen molar-refractivity contribution >= 4 is 11.6 Å². The van der Waals surface area contributed by atoms with Gasteiger partial charge in [-0.2, -0.15) is 0 Å². The number of aromatic nitrogens is 1. The zero-order valence-electron chi connectivity index (χ0n) is 6.92. The fourth-order valence-electron chi connectivity index (χ4n) is 0.898. The third-order valence-electron chi connectivity index (χ3n) is 1.67. The van der Waals surface area contributed by atoms with E-state index in [4.69, 9.17) is 17.3 Å². The molecule has 0 fully saturated rings. The van der Waals surface area contributed by atoms with Crippen LogP contribution in [-0.4, -0.2) is 4.98 Å². The first kappa shape index (κ1) is 9.23. The van der Waals surface area contributed by atoms with Crippen molar-refractivity contribution in [3.8, 4) is 0 Å². The summed E-state index contributed by atoms with van der Waals surface area (Å²) < 4.78 is 0. The Hall–Kier alpha value is -0.860. The Morgan fingerprint density at radius 3 is 2.92 bits per heavy atom. The van der Waals surface area contributed by atoms with Gasteiger partial charge < -0.3 is 5.73 Å². The highest BCUT2D eigenvalue weighted by Gasteiger charge is 2.03. The Labute approximate surface area is 77.1 Å². The van der Waals surface area contributed by atoms with Crippen LogP contribution in [0, 0.1) is 6.92 Å². The third-order valence-corrected chi connectivity index (χ3v) is 2.07. The molecule has 1 aromatic rings. The lowest BCUT2D eigenvalue weighted by molar-refractivity contribution is 0.900. The fraction of sp³-hybridized carbons (Fsp3) is 0.222. The van der Waals surface area contributed by atoms with Crippen LogP contribution in [-0.2, 0) is 0 Å². The number of pyridine rings is 1.